The first kappa shape index (κ1) is 36.8. The van der Waals surface area contributed by atoms with E-state index in [1.807, 2.05) is 24.3 Å². The number of benzene rings is 2. The van der Waals surface area contributed by atoms with Gasteiger partial charge in [-0.1, -0.05) is 48.0 Å². The molecule has 0 atom stereocenters. The molecule has 3 heterocycles. The molecular formula is C36H41N7O7S. The van der Waals surface area contributed by atoms with E-state index in [1.165, 1.54) is 18.5 Å². The Kier molecular flexibility index (Phi) is 12.6. The Labute approximate surface area is 295 Å². The Morgan fingerprint density at radius 2 is 1.63 bits per heavy atom. The molecule has 0 bridgehead atoms. The van der Waals surface area contributed by atoms with Crippen LogP contribution in [0.1, 0.15) is 73.1 Å². The Balaban J connectivity index is 0.896. The predicted octanol–water partition coefficient (Wildman–Crippen LogP) is 4.55. The first-order valence-corrected chi connectivity index (χ1v) is 18.4. The fraction of sp³-hybridized carbons (Fsp3) is 0.361. The molecule has 0 fully saturated rings. The zero-order valence-corrected chi connectivity index (χ0v) is 29.2. The van der Waals surface area contributed by atoms with E-state index in [9.17, 15) is 22.8 Å². The van der Waals surface area contributed by atoms with E-state index in [1.54, 1.807) is 25.1 Å². The summed E-state index contributed by atoms with van der Waals surface area (Å²) >= 11 is 0. The molecule has 1 amide bonds. The van der Waals surface area contributed by atoms with Gasteiger partial charge in [-0.25, -0.2) is 13.4 Å². The van der Waals surface area contributed by atoms with E-state index in [2.05, 4.69) is 30.4 Å². The minimum atomic E-state index is -3.57. The van der Waals surface area contributed by atoms with Crippen molar-refractivity contribution in [1.82, 2.24) is 30.4 Å². The van der Waals surface area contributed by atoms with E-state index in [-0.39, 0.29) is 59.9 Å². The molecule has 3 aromatic heterocycles. The van der Waals surface area contributed by atoms with Gasteiger partial charge in [-0.15, -0.1) is 0 Å². The van der Waals surface area contributed by atoms with Gasteiger partial charge in [0.25, 0.3) is 0 Å². The number of ketones is 2. The van der Waals surface area contributed by atoms with Crippen molar-refractivity contribution < 1.29 is 32.1 Å². The number of aromatic nitrogens is 5. The van der Waals surface area contributed by atoms with Gasteiger partial charge in [0.2, 0.25) is 17.7 Å². The van der Waals surface area contributed by atoms with Crippen molar-refractivity contribution in [3.05, 3.63) is 89.1 Å². The predicted molar refractivity (Wildman–Crippen MR) is 188 cm³/mol. The summed E-state index contributed by atoms with van der Waals surface area (Å²) in [6, 6.07) is 15.7. The molecule has 0 aliphatic heterocycles. The number of nitrogens with one attached hydrogen (secondary N) is 2. The van der Waals surface area contributed by atoms with Crippen molar-refractivity contribution in [2.45, 2.75) is 82.0 Å². The molecule has 5 aromatic rings. The van der Waals surface area contributed by atoms with Gasteiger partial charge in [-0.3, -0.25) is 14.4 Å². The fourth-order valence-electron chi connectivity index (χ4n) is 5.38. The molecule has 51 heavy (non-hydrogen) atoms. The lowest BCUT2D eigenvalue weighted by Gasteiger charge is -2.08. The van der Waals surface area contributed by atoms with Crippen LogP contribution in [0.5, 0.6) is 5.88 Å². The summed E-state index contributed by atoms with van der Waals surface area (Å²) in [6.07, 6.45) is 5.58. The van der Waals surface area contributed by atoms with Crippen molar-refractivity contribution in [2.75, 3.05) is 12.3 Å². The number of carbonyl (C=O) groups is 3. The van der Waals surface area contributed by atoms with Crippen molar-refractivity contribution in [2.24, 2.45) is 0 Å². The molecule has 15 heteroatoms. The summed E-state index contributed by atoms with van der Waals surface area (Å²) in [4.78, 5) is 52.4. The van der Waals surface area contributed by atoms with Crippen LogP contribution in [0.3, 0.4) is 0 Å². The van der Waals surface area contributed by atoms with E-state index < -0.39 is 9.84 Å². The maximum absolute atomic E-state index is 12.6. The maximum atomic E-state index is 12.6. The van der Waals surface area contributed by atoms with Gasteiger partial charge in [-0.2, -0.15) is 9.97 Å². The van der Waals surface area contributed by atoms with E-state index in [0.717, 1.165) is 29.5 Å². The van der Waals surface area contributed by atoms with Crippen LogP contribution in [0.15, 0.2) is 70.3 Å². The van der Waals surface area contributed by atoms with Gasteiger partial charge in [0.05, 0.1) is 16.9 Å². The Morgan fingerprint density at radius 1 is 0.882 bits per heavy atom. The smallest absolute Gasteiger partial charge is 0.245 e. The monoisotopic (exact) mass is 715 g/mol. The van der Waals surface area contributed by atoms with Crippen LogP contribution in [0, 0.1) is 6.92 Å². The van der Waals surface area contributed by atoms with E-state index >= 15 is 0 Å². The lowest BCUT2D eigenvalue weighted by atomic mass is 10.0. The summed E-state index contributed by atoms with van der Waals surface area (Å²) in [5.74, 6) is 0.625. The third-order valence-electron chi connectivity index (χ3n) is 8.14. The molecule has 4 N–H and O–H groups in total. The number of nitrogen functional groups attached to an aromatic ring is 1. The second-order valence-corrected chi connectivity index (χ2v) is 14.3. The van der Waals surface area contributed by atoms with Gasteiger partial charge < -0.3 is 25.3 Å². The highest BCUT2D eigenvalue weighted by Crippen LogP contribution is 2.21. The lowest BCUT2D eigenvalue weighted by Crippen LogP contribution is -2.24. The summed E-state index contributed by atoms with van der Waals surface area (Å²) in [6.45, 7) is 2.46. The van der Waals surface area contributed by atoms with Crippen LogP contribution in [-0.4, -0.2) is 57.5 Å². The van der Waals surface area contributed by atoms with Gasteiger partial charge in [-0.05, 0) is 55.0 Å². The van der Waals surface area contributed by atoms with Crippen LogP contribution >= 0.6 is 0 Å². The van der Waals surface area contributed by atoms with Gasteiger partial charge in [0.1, 0.15) is 35.2 Å². The molecule has 268 valence electrons. The number of anilines is 1. The Hall–Kier alpha value is -5.44. The van der Waals surface area contributed by atoms with Crippen LogP contribution in [0.4, 0.5) is 5.95 Å². The minimum absolute atomic E-state index is 0.0267. The second kappa shape index (κ2) is 17.5. The number of Topliss-reactive ketones (excluding diaryl/α,β-unsaturated/α-hetero) is 2. The molecule has 0 aliphatic rings. The number of fused-ring (bicyclic) bond motifs is 1. The molecule has 0 aliphatic carbocycles. The third-order valence-corrected chi connectivity index (χ3v) is 9.81. The molecule has 2 aromatic carbocycles. The van der Waals surface area contributed by atoms with Crippen LogP contribution in [0.25, 0.3) is 11.2 Å². The fourth-order valence-corrected chi connectivity index (χ4v) is 6.62. The normalized spacial score (nSPS) is 11.5. The molecule has 5 rings (SSSR count). The Bertz CT molecular complexity index is 2060. The summed E-state index contributed by atoms with van der Waals surface area (Å²) in [5, 5.41) is 6.59. The van der Waals surface area contributed by atoms with Crippen molar-refractivity contribution in [1.29, 1.82) is 0 Å². The topological polar surface area (TPSA) is 213 Å². The average molecular weight is 716 g/mol. The number of rotatable bonds is 20. The number of unbranched alkanes of at least 4 members (excludes halogenated alkanes) is 2. The maximum Gasteiger partial charge on any atom is 0.245 e. The molecule has 0 saturated carbocycles. The quantitative estimate of drug-likeness (QED) is 0.0947. The molecule has 0 spiro atoms. The second-order valence-electron chi connectivity index (χ2n) is 12.3. The summed E-state index contributed by atoms with van der Waals surface area (Å²) in [7, 11) is -3.57. The highest BCUT2D eigenvalue weighted by molar-refractivity contribution is 7.90. The number of nitrogens with zero attached hydrogens (tertiary/aromatic N) is 4. The van der Waals surface area contributed by atoms with Crippen molar-refractivity contribution in [3.63, 3.8) is 0 Å². The number of aromatic amines is 1. The zero-order chi connectivity index (χ0) is 36.2. The molecule has 0 unspecified atom stereocenters. The molecule has 14 nitrogen and oxygen atoms in total. The number of aryl methyl sites for hydroxylation is 2. The number of hydrogen-bond acceptors (Lipinski definition) is 12. The highest BCUT2D eigenvalue weighted by atomic mass is 32.2. The van der Waals surface area contributed by atoms with Crippen LogP contribution in [0.2, 0.25) is 0 Å². The van der Waals surface area contributed by atoms with Crippen LogP contribution in [-0.2, 0) is 49.4 Å². The first-order chi connectivity index (χ1) is 24.5. The number of amides is 1. The number of ether oxygens (including phenoxy) is 1. The van der Waals surface area contributed by atoms with Crippen LogP contribution < -0.4 is 15.8 Å². The SMILES string of the molecule is Cc1cc(CS(=O)(=O)c2ccc(CC(=O)CCCCCNC(=O)CCC(=O)CCc3ccc(COc4nc(N)nc5nc[nH]c45)cc3)cc2)no1. The largest absolute Gasteiger partial charge is 0.471 e. The number of imidazole rings is 1. The standard InChI is InChI=1S/C36H41N7O7S/c1-24-19-28(43-50-24)22-51(47,48)31-15-11-26(12-16-31)20-30(45)5-3-2-4-18-38-32(46)17-14-29(44)13-10-25-6-8-27(9-7-25)21-49-35-33-34(40-23-39-33)41-36(37)42-35/h6-9,11-12,15-16,19,23H,2-5,10,13-14,17-18,20-22H2,1H3,(H,38,46)(H3,37,39,40,41,42). The molecule has 0 saturated heterocycles. The number of carbonyl (C=O) groups excluding carboxylic acids is 3. The highest BCUT2D eigenvalue weighted by Gasteiger charge is 2.18. The van der Waals surface area contributed by atoms with Gasteiger partial charge in [0.15, 0.2) is 15.5 Å². The number of H-pyrrole nitrogens is 1. The third kappa shape index (κ3) is 11.3. The number of hydrogen-bond donors (Lipinski definition) is 3. The minimum Gasteiger partial charge on any atom is -0.471 e. The number of sulfone groups is 1. The van der Waals surface area contributed by atoms with Crippen molar-refractivity contribution in [3.8, 4) is 5.88 Å². The van der Waals surface area contributed by atoms with E-state index in [4.69, 9.17) is 15.0 Å². The van der Waals surface area contributed by atoms with E-state index in [0.29, 0.717) is 60.7 Å². The zero-order valence-electron chi connectivity index (χ0n) is 28.4. The average Bonchev–Trinajstić information content (AvgIpc) is 3.75. The van der Waals surface area contributed by atoms with Gasteiger partial charge in [0, 0.05) is 44.7 Å². The summed E-state index contributed by atoms with van der Waals surface area (Å²) in [5.41, 5.74) is 9.76. The molecule has 0 radical (unpaired) electrons. The first-order valence-electron chi connectivity index (χ1n) is 16.8. The van der Waals surface area contributed by atoms with Gasteiger partial charge >= 0.3 is 0 Å². The Morgan fingerprint density at radius 3 is 2.37 bits per heavy atom. The van der Waals surface area contributed by atoms with Crippen molar-refractivity contribution >= 4 is 44.4 Å². The molecular weight excluding hydrogens is 675 g/mol. The summed E-state index contributed by atoms with van der Waals surface area (Å²) < 4.78 is 36.0. The lowest BCUT2D eigenvalue weighted by molar-refractivity contribution is -0.125. The number of nitrogens with two attached hydrogens (primary N) is 1.